The molecule has 0 atom stereocenters. The van der Waals surface area contributed by atoms with Crippen molar-refractivity contribution in [1.82, 2.24) is 4.98 Å². The van der Waals surface area contributed by atoms with Crippen LogP contribution < -0.4 is 4.74 Å². The van der Waals surface area contributed by atoms with Crippen LogP contribution in [0.5, 0.6) is 5.88 Å². The summed E-state index contributed by atoms with van der Waals surface area (Å²) in [6, 6.07) is 0.164. The molecule has 17 heavy (non-hydrogen) atoms. The van der Waals surface area contributed by atoms with E-state index in [0.717, 1.165) is 0 Å². The number of aromatic nitrogens is 1. The Kier molecular flexibility index (Phi) is 3.59. The number of carbonyl (C=O) groups is 1. The minimum atomic E-state index is -5.27. The van der Waals surface area contributed by atoms with E-state index in [1.54, 1.807) is 0 Å². The van der Waals surface area contributed by atoms with Crippen molar-refractivity contribution in [3.63, 3.8) is 0 Å². The van der Waals surface area contributed by atoms with Crippen LogP contribution in [-0.4, -0.2) is 17.6 Å². The van der Waals surface area contributed by atoms with Crippen molar-refractivity contribution in [3.05, 3.63) is 23.1 Å². The predicted molar refractivity (Wildman–Crippen MR) is 41.2 cm³/mol. The number of nitrogens with zero attached hydrogens (tertiary/aromatic N) is 1. The van der Waals surface area contributed by atoms with Crippen molar-refractivity contribution in [3.8, 4) is 5.88 Å². The molecule has 0 bridgehead atoms. The number of carbonyl (C=O) groups excluding carboxylic acids is 1. The molecule has 94 valence electrons. The van der Waals surface area contributed by atoms with E-state index in [0.29, 0.717) is 0 Å². The average Bonchev–Trinajstić information content (AvgIpc) is 2.14. The number of halogens is 6. The van der Waals surface area contributed by atoms with Gasteiger partial charge in [-0.25, -0.2) is 8.78 Å². The number of rotatable bonds is 3. The van der Waals surface area contributed by atoms with Crippen LogP contribution in [0, 0.1) is 5.95 Å². The summed E-state index contributed by atoms with van der Waals surface area (Å²) in [5.74, 6) is -3.15. The van der Waals surface area contributed by atoms with Crippen molar-refractivity contribution < 1.29 is 35.9 Å². The van der Waals surface area contributed by atoms with Gasteiger partial charge in [-0.05, 0) is 0 Å². The summed E-state index contributed by atoms with van der Waals surface area (Å²) in [6.45, 7) is 0. The van der Waals surface area contributed by atoms with E-state index >= 15 is 0 Å². The highest BCUT2D eigenvalue weighted by atomic mass is 19.4. The van der Waals surface area contributed by atoms with Crippen LogP contribution in [0.25, 0.3) is 0 Å². The van der Waals surface area contributed by atoms with Crippen LogP contribution in [0.15, 0.2) is 6.07 Å². The van der Waals surface area contributed by atoms with Gasteiger partial charge in [-0.3, -0.25) is 4.79 Å². The topological polar surface area (TPSA) is 39.2 Å². The lowest BCUT2D eigenvalue weighted by Gasteiger charge is -2.12. The molecule has 1 rings (SSSR count). The van der Waals surface area contributed by atoms with Crippen molar-refractivity contribution in [2.75, 3.05) is 0 Å². The molecule has 0 aliphatic carbocycles. The second kappa shape index (κ2) is 4.60. The number of ether oxygens (including phenoxy) is 1. The molecule has 0 unspecified atom stereocenters. The Morgan fingerprint density at radius 1 is 1.35 bits per heavy atom. The molecule has 0 aliphatic rings. The van der Waals surface area contributed by atoms with Crippen molar-refractivity contribution in [1.29, 1.82) is 0 Å². The Bertz CT molecular complexity index is 431. The molecule has 3 nitrogen and oxygen atoms in total. The first-order valence-electron chi connectivity index (χ1n) is 3.94. The fourth-order valence-electron chi connectivity index (χ4n) is 1.01. The molecule has 0 spiro atoms. The Hall–Kier alpha value is -1.80. The van der Waals surface area contributed by atoms with E-state index in [1.165, 1.54) is 0 Å². The monoisotopic (exact) mass is 259 g/mol. The molecule has 0 N–H and O–H groups in total. The lowest BCUT2D eigenvalue weighted by Crippen LogP contribution is -2.20. The molecule has 1 aromatic heterocycles. The van der Waals surface area contributed by atoms with Gasteiger partial charge in [0, 0.05) is 11.6 Å². The zero-order chi connectivity index (χ0) is 13.2. The fraction of sp³-hybridized carbons (Fsp3) is 0.250. The molecule has 0 aliphatic heterocycles. The molecule has 0 aromatic carbocycles. The SMILES string of the molecule is O=Cc1c(C(F)F)cc(F)nc1OC(F)(F)F. The van der Waals surface area contributed by atoms with E-state index in [4.69, 9.17) is 0 Å². The first-order chi connectivity index (χ1) is 7.74. The largest absolute Gasteiger partial charge is 0.574 e. The molecule has 0 amide bonds. The highest BCUT2D eigenvalue weighted by Crippen LogP contribution is 2.30. The van der Waals surface area contributed by atoms with Gasteiger partial charge in [-0.1, -0.05) is 0 Å². The van der Waals surface area contributed by atoms with Gasteiger partial charge in [-0.2, -0.15) is 9.37 Å². The number of hydrogen-bond acceptors (Lipinski definition) is 3. The minimum Gasteiger partial charge on any atom is -0.387 e. The number of hydrogen-bond donors (Lipinski definition) is 0. The van der Waals surface area contributed by atoms with Gasteiger partial charge in [0.25, 0.3) is 6.43 Å². The highest BCUT2D eigenvalue weighted by molar-refractivity contribution is 5.80. The van der Waals surface area contributed by atoms with Crippen LogP contribution in [0.3, 0.4) is 0 Å². The quantitative estimate of drug-likeness (QED) is 0.476. The van der Waals surface area contributed by atoms with E-state index < -0.39 is 35.7 Å². The molecule has 0 saturated carbocycles. The molecule has 0 fully saturated rings. The zero-order valence-corrected chi connectivity index (χ0v) is 7.76. The zero-order valence-electron chi connectivity index (χ0n) is 7.76. The third kappa shape index (κ3) is 3.33. The fourth-order valence-corrected chi connectivity index (χ4v) is 1.01. The van der Waals surface area contributed by atoms with Crippen LogP contribution in [0.2, 0.25) is 0 Å². The normalized spacial score (nSPS) is 11.7. The minimum absolute atomic E-state index is 0.164. The van der Waals surface area contributed by atoms with Crippen LogP contribution in [0.4, 0.5) is 26.3 Å². The highest BCUT2D eigenvalue weighted by Gasteiger charge is 2.34. The summed E-state index contributed by atoms with van der Waals surface area (Å²) in [5.41, 5.74) is -2.36. The Morgan fingerprint density at radius 3 is 2.35 bits per heavy atom. The smallest absolute Gasteiger partial charge is 0.387 e. The summed E-state index contributed by atoms with van der Waals surface area (Å²) in [7, 11) is 0. The summed E-state index contributed by atoms with van der Waals surface area (Å²) >= 11 is 0. The van der Waals surface area contributed by atoms with Crippen molar-refractivity contribution >= 4 is 6.29 Å². The third-order valence-corrected chi connectivity index (χ3v) is 1.59. The standard InChI is InChI=1S/C8H3F6NO2/c9-5-1-3(6(10)11)4(2-16)7(15-5)17-8(12,13)14/h1-2,6H. The van der Waals surface area contributed by atoms with E-state index in [1.807, 2.05) is 0 Å². The molecular weight excluding hydrogens is 256 g/mol. The Morgan fingerprint density at radius 2 is 1.94 bits per heavy atom. The molecular formula is C8H3F6NO2. The summed E-state index contributed by atoms with van der Waals surface area (Å²) in [5, 5.41) is 0. The van der Waals surface area contributed by atoms with Gasteiger partial charge in [0.2, 0.25) is 11.8 Å². The molecule has 1 aromatic rings. The maximum Gasteiger partial charge on any atom is 0.574 e. The second-order valence-corrected chi connectivity index (χ2v) is 2.72. The third-order valence-electron chi connectivity index (χ3n) is 1.59. The van der Waals surface area contributed by atoms with Crippen LogP contribution in [-0.2, 0) is 0 Å². The number of alkyl halides is 5. The maximum atomic E-state index is 12.7. The van der Waals surface area contributed by atoms with E-state index in [9.17, 15) is 31.1 Å². The summed E-state index contributed by atoms with van der Waals surface area (Å²) in [4.78, 5) is 13.0. The van der Waals surface area contributed by atoms with Crippen LogP contribution in [0.1, 0.15) is 22.3 Å². The molecule has 0 saturated heterocycles. The first-order valence-corrected chi connectivity index (χ1v) is 3.94. The van der Waals surface area contributed by atoms with Gasteiger partial charge >= 0.3 is 6.36 Å². The summed E-state index contributed by atoms with van der Waals surface area (Å²) in [6.07, 6.45) is -8.91. The van der Waals surface area contributed by atoms with Gasteiger partial charge in [0.05, 0.1) is 5.56 Å². The van der Waals surface area contributed by atoms with Crippen LogP contribution >= 0.6 is 0 Å². The number of aldehydes is 1. The maximum absolute atomic E-state index is 12.7. The lowest BCUT2D eigenvalue weighted by molar-refractivity contribution is -0.276. The lowest BCUT2D eigenvalue weighted by atomic mass is 10.1. The Balaban J connectivity index is 3.33. The number of pyridine rings is 1. The van der Waals surface area contributed by atoms with Gasteiger partial charge in [0.15, 0.2) is 6.29 Å². The van der Waals surface area contributed by atoms with E-state index in [2.05, 4.69) is 9.72 Å². The average molecular weight is 259 g/mol. The second-order valence-electron chi connectivity index (χ2n) is 2.72. The van der Waals surface area contributed by atoms with Crippen molar-refractivity contribution in [2.45, 2.75) is 12.8 Å². The van der Waals surface area contributed by atoms with Gasteiger partial charge < -0.3 is 4.74 Å². The molecule has 1 heterocycles. The molecule has 0 radical (unpaired) electrons. The Labute approximate surface area is 90.0 Å². The molecule has 9 heteroatoms. The van der Waals surface area contributed by atoms with Gasteiger partial charge in [0.1, 0.15) is 0 Å². The predicted octanol–water partition coefficient (Wildman–Crippen LogP) is 2.87. The van der Waals surface area contributed by atoms with Gasteiger partial charge in [-0.15, -0.1) is 13.2 Å². The van der Waals surface area contributed by atoms with Crippen molar-refractivity contribution in [2.24, 2.45) is 0 Å². The van der Waals surface area contributed by atoms with E-state index in [-0.39, 0.29) is 12.4 Å². The first kappa shape index (κ1) is 13.3. The summed E-state index contributed by atoms with van der Waals surface area (Å²) < 4.78 is 76.0.